The Labute approximate surface area is 161 Å². The van der Waals surface area contributed by atoms with Crippen LogP contribution >= 0.6 is 15.9 Å². The minimum absolute atomic E-state index is 0.0501. The summed E-state index contributed by atoms with van der Waals surface area (Å²) in [5.74, 6) is -1.17. The summed E-state index contributed by atoms with van der Waals surface area (Å²) in [5, 5.41) is 9.19. The van der Waals surface area contributed by atoms with Crippen LogP contribution in [0.1, 0.15) is 27.9 Å². The maximum absolute atomic E-state index is 12.4. The van der Waals surface area contributed by atoms with Crippen LogP contribution in [0.3, 0.4) is 0 Å². The number of benzene rings is 2. The first-order valence-electron chi connectivity index (χ1n) is 7.96. The number of ether oxygens (including phenoxy) is 1. The lowest BCUT2D eigenvalue weighted by atomic mass is 10.1. The Morgan fingerprint density at radius 3 is 2.58 bits per heavy atom. The first-order valence-corrected chi connectivity index (χ1v) is 10.2. The van der Waals surface area contributed by atoms with E-state index in [4.69, 9.17) is 4.74 Å². The molecular weight excluding hydrogens is 422 g/mol. The van der Waals surface area contributed by atoms with E-state index in [1.165, 1.54) is 6.07 Å². The van der Waals surface area contributed by atoms with Crippen LogP contribution < -0.4 is 4.72 Å². The van der Waals surface area contributed by atoms with E-state index in [2.05, 4.69) is 20.7 Å². The maximum Gasteiger partial charge on any atom is 0.336 e. The number of aromatic carboxylic acids is 1. The summed E-state index contributed by atoms with van der Waals surface area (Å²) >= 11 is 3.21. The van der Waals surface area contributed by atoms with Gasteiger partial charge in [-0.25, -0.2) is 17.9 Å². The smallest absolute Gasteiger partial charge is 0.336 e. The van der Waals surface area contributed by atoms with Gasteiger partial charge in [0.05, 0.1) is 17.1 Å². The fraction of sp³-hybridized carbons (Fsp3) is 0.278. The SMILES string of the molecule is Cc1c(Br)cc(S(=O)(=O)NCCCOCc2ccccc2)cc1C(=O)O. The number of carboxylic acid groups (broad SMARTS) is 1. The molecule has 0 saturated heterocycles. The van der Waals surface area contributed by atoms with E-state index in [9.17, 15) is 18.3 Å². The molecule has 0 saturated carbocycles. The molecule has 0 amide bonds. The van der Waals surface area contributed by atoms with Crippen molar-refractivity contribution in [2.24, 2.45) is 0 Å². The standard InChI is InChI=1S/C18H20BrNO5S/c1-13-16(18(21)22)10-15(11-17(13)19)26(23,24)20-8-5-9-25-12-14-6-3-2-4-7-14/h2-4,6-7,10-11,20H,5,8-9,12H2,1H3,(H,21,22). The highest BCUT2D eigenvalue weighted by molar-refractivity contribution is 9.10. The minimum atomic E-state index is -3.79. The van der Waals surface area contributed by atoms with E-state index in [0.717, 1.165) is 11.6 Å². The van der Waals surface area contributed by atoms with Crippen LogP contribution in [0.25, 0.3) is 0 Å². The molecule has 140 valence electrons. The minimum Gasteiger partial charge on any atom is -0.478 e. The summed E-state index contributed by atoms with van der Waals surface area (Å²) in [4.78, 5) is 11.2. The van der Waals surface area contributed by atoms with Gasteiger partial charge in [-0.1, -0.05) is 46.3 Å². The van der Waals surface area contributed by atoms with Gasteiger partial charge in [-0.15, -0.1) is 0 Å². The molecule has 0 aromatic heterocycles. The second kappa shape index (κ2) is 9.27. The second-order valence-electron chi connectivity index (χ2n) is 5.67. The Balaban J connectivity index is 1.88. The van der Waals surface area contributed by atoms with E-state index in [1.807, 2.05) is 30.3 Å². The van der Waals surface area contributed by atoms with Gasteiger partial charge < -0.3 is 9.84 Å². The third-order valence-electron chi connectivity index (χ3n) is 3.73. The quantitative estimate of drug-likeness (QED) is 0.582. The number of hydrogen-bond acceptors (Lipinski definition) is 4. The Morgan fingerprint density at radius 1 is 1.23 bits per heavy atom. The lowest BCUT2D eigenvalue weighted by molar-refractivity contribution is 0.0695. The van der Waals surface area contributed by atoms with Gasteiger partial charge in [0.25, 0.3) is 0 Å². The zero-order valence-electron chi connectivity index (χ0n) is 14.2. The number of carboxylic acids is 1. The van der Waals surface area contributed by atoms with Gasteiger partial charge in [-0.2, -0.15) is 0 Å². The molecule has 2 rings (SSSR count). The number of carbonyl (C=O) groups is 1. The zero-order chi connectivity index (χ0) is 19.2. The molecule has 0 aliphatic rings. The molecule has 8 heteroatoms. The lowest BCUT2D eigenvalue weighted by Crippen LogP contribution is -2.26. The van der Waals surface area contributed by atoms with Gasteiger partial charge in [-0.3, -0.25) is 0 Å². The van der Waals surface area contributed by atoms with Crippen molar-refractivity contribution in [2.45, 2.75) is 24.8 Å². The number of halogens is 1. The van der Waals surface area contributed by atoms with Gasteiger partial charge in [0, 0.05) is 17.6 Å². The molecule has 0 aliphatic heterocycles. The molecule has 2 aromatic carbocycles. The average molecular weight is 442 g/mol. The van der Waals surface area contributed by atoms with Crippen LogP contribution in [-0.2, 0) is 21.4 Å². The summed E-state index contributed by atoms with van der Waals surface area (Å²) in [6.45, 7) is 2.70. The summed E-state index contributed by atoms with van der Waals surface area (Å²) in [7, 11) is -3.79. The van der Waals surface area contributed by atoms with Crippen LogP contribution in [0.15, 0.2) is 51.8 Å². The van der Waals surface area contributed by atoms with Crippen molar-refractivity contribution in [3.8, 4) is 0 Å². The molecule has 0 spiro atoms. The molecular formula is C18H20BrNO5S. The topological polar surface area (TPSA) is 92.7 Å². The number of hydrogen-bond donors (Lipinski definition) is 2. The zero-order valence-corrected chi connectivity index (χ0v) is 16.6. The van der Waals surface area contributed by atoms with Crippen molar-refractivity contribution in [3.63, 3.8) is 0 Å². The molecule has 0 bridgehead atoms. The van der Waals surface area contributed by atoms with E-state index in [1.54, 1.807) is 6.92 Å². The third-order valence-corrected chi connectivity index (χ3v) is 5.99. The number of sulfonamides is 1. The predicted molar refractivity (Wildman–Crippen MR) is 102 cm³/mol. The van der Waals surface area contributed by atoms with Crippen molar-refractivity contribution in [2.75, 3.05) is 13.2 Å². The second-order valence-corrected chi connectivity index (χ2v) is 8.29. The first-order chi connectivity index (χ1) is 12.3. The van der Waals surface area contributed by atoms with E-state index >= 15 is 0 Å². The van der Waals surface area contributed by atoms with E-state index in [0.29, 0.717) is 29.7 Å². The summed E-state index contributed by atoms with van der Waals surface area (Å²) < 4.78 is 33.1. The van der Waals surface area contributed by atoms with Gasteiger partial charge in [0.1, 0.15) is 0 Å². The molecule has 0 radical (unpaired) electrons. The third kappa shape index (κ3) is 5.63. The van der Waals surface area contributed by atoms with Crippen LogP contribution in [-0.4, -0.2) is 32.6 Å². The highest BCUT2D eigenvalue weighted by Crippen LogP contribution is 2.25. The molecule has 0 fully saturated rings. The first kappa shape index (κ1) is 20.6. The molecule has 6 nitrogen and oxygen atoms in total. The Bertz CT molecular complexity index is 869. The highest BCUT2D eigenvalue weighted by atomic mass is 79.9. The molecule has 26 heavy (non-hydrogen) atoms. The fourth-order valence-electron chi connectivity index (χ4n) is 2.26. The molecule has 0 heterocycles. The molecule has 2 N–H and O–H groups in total. The fourth-order valence-corrected chi connectivity index (χ4v) is 4.00. The number of rotatable bonds is 9. The largest absolute Gasteiger partial charge is 0.478 e. The van der Waals surface area contributed by atoms with Gasteiger partial charge in [0.2, 0.25) is 10.0 Å². The Morgan fingerprint density at radius 2 is 1.92 bits per heavy atom. The van der Waals surface area contributed by atoms with Crippen molar-refractivity contribution in [1.82, 2.24) is 4.72 Å². The number of nitrogens with one attached hydrogen (secondary N) is 1. The van der Waals surface area contributed by atoms with Crippen LogP contribution in [0.2, 0.25) is 0 Å². The highest BCUT2D eigenvalue weighted by Gasteiger charge is 2.19. The predicted octanol–water partition coefficient (Wildman–Crippen LogP) is 3.34. The monoisotopic (exact) mass is 441 g/mol. The Hall–Kier alpha value is -1.74. The normalized spacial score (nSPS) is 11.5. The molecule has 0 unspecified atom stereocenters. The molecule has 0 atom stereocenters. The molecule has 0 aliphatic carbocycles. The van der Waals surface area contributed by atoms with E-state index in [-0.39, 0.29) is 17.0 Å². The van der Waals surface area contributed by atoms with Gasteiger partial charge >= 0.3 is 5.97 Å². The average Bonchev–Trinajstić information content (AvgIpc) is 2.60. The summed E-state index contributed by atoms with van der Waals surface area (Å²) in [5.41, 5.74) is 1.48. The van der Waals surface area contributed by atoms with Crippen LogP contribution in [0.4, 0.5) is 0 Å². The lowest BCUT2D eigenvalue weighted by Gasteiger charge is -2.11. The maximum atomic E-state index is 12.4. The van der Waals surface area contributed by atoms with Crippen molar-refractivity contribution >= 4 is 31.9 Å². The van der Waals surface area contributed by atoms with Crippen molar-refractivity contribution in [1.29, 1.82) is 0 Å². The van der Waals surface area contributed by atoms with Crippen LogP contribution in [0.5, 0.6) is 0 Å². The van der Waals surface area contributed by atoms with Crippen LogP contribution in [0, 0.1) is 6.92 Å². The van der Waals surface area contributed by atoms with Gasteiger partial charge in [-0.05, 0) is 36.6 Å². The van der Waals surface area contributed by atoms with Gasteiger partial charge in [0.15, 0.2) is 0 Å². The van der Waals surface area contributed by atoms with Crippen molar-refractivity contribution < 1.29 is 23.1 Å². The van der Waals surface area contributed by atoms with Crippen molar-refractivity contribution in [3.05, 3.63) is 63.6 Å². The summed E-state index contributed by atoms with van der Waals surface area (Å²) in [6, 6.07) is 12.3. The summed E-state index contributed by atoms with van der Waals surface area (Å²) in [6.07, 6.45) is 0.505. The molecule has 2 aromatic rings. The Kier molecular flexibility index (Phi) is 7.33. The van der Waals surface area contributed by atoms with E-state index < -0.39 is 16.0 Å².